The number of nitrogens with zero attached hydrogens (tertiary/aromatic N) is 1. The highest BCUT2D eigenvalue weighted by atomic mass is 15.5. The maximum atomic E-state index is 3.25. The Hall–Kier alpha value is -0.500. The number of hydrogen-bond acceptors (Lipinski definition) is 2. The van der Waals surface area contributed by atoms with Crippen LogP contribution in [0.3, 0.4) is 0 Å². The topological polar surface area (TPSA) is 15.3 Å². The van der Waals surface area contributed by atoms with Crippen molar-refractivity contribution in [3.05, 3.63) is 11.8 Å². The molecule has 0 bridgehead atoms. The fraction of sp³-hybridized carbons (Fsp3) is 0.714. The molecule has 0 amide bonds. The van der Waals surface area contributed by atoms with Gasteiger partial charge in [0.25, 0.3) is 0 Å². The molecule has 0 saturated heterocycles. The molecule has 0 atom stereocenters. The molecular formula is C7H14N2. The fourth-order valence-electron chi connectivity index (χ4n) is 0.876. The Morgan fingerprint density at radius 1 is 1.67 bits per heavy atom. The minimum Gasteiger partial charge on any atom is -0.313 e. The molecule has 0 fully saturated rings. The maximum Gasteiger partial charge on any atom is 0.0391 e. The van der Waals surface area contributed by atoms with E-state index in [4.69, 9.17) is 0 Å². The Labute approximate surface area is 56.5 Å². The van der Waals surface area contributed by atoms with Gasteiger partial charge in [0.1, 0.15) is 0 Å². The number of nitrogens with one attached hydrogen (secondary N) is 1. The molecule has 2 nitrogen and oxygen atoms in total. The van der Waals surface area contributed by atoms with Gasteiger partial charge in [0.15, 0.2) is 0 Å². The molecule has 1 aliphatic rings. The summed E-state index contributed by atoms with van der Waals surface area (Å²) in [6.45, 7) is 7.48. The van der Waals surface area contributed by atoms with E-state index in [-0.39, 0.29) is 0 Å². The van der Waals surface area contributed by atoms with E-state index in [2.05, 4.69) is 37.4 Å². The number of hydrogen-bond donors (Lipinski definition) is 1. The highest BCUT2D eigenvalue weighted by Gasteiger charge is 2.09. The predicted octanol–water partition coefficient (Wildman–Crippen LogP) is 1.12. The fourth-order valence-corrected chi connectivity index (χ4v) is 0.876. The van der Waals surface area contributed by atoms with Gasteiger partial charge in [-0.25, -0.2) is 5.43 Å². The van der Waals surface area contributed by atoms with Gasteiger partial charge in [0.2, 0.25) is 0 Å². The highest BCUT2D eigenvalue weighted by molar-refractivity contribution is 5.04. The van der Waals surface area contributed by atoms with Gasteiger partial charge in [-0.15, -0.1) is 0 Å². The van der Waals surface area contributed by atoms with Crippen LogP contribution in [0.2, 0.25) is 0 Å². The molecular weight excluding hydrogens is 112 g/mol. The van der Waals surface area contributed by atoms with Crippen LogP contribution in [-0.2, 0) is 0 Å². The van der Waals surface area contributed by atoms with Crippen LogP contribution >= 0.6 is 0 Å². The smallest absolute Gasteiger partial charge is 0.0391 e. The average Bonchev–Trinajstić information content (AvgIpc) is 2.14. The lowest BCUT2D eigenvalue weighted by molar-refractivity contribution is 0.250. The van der Waals surface area contributed by atoms with Crippen molar-refractivity contribution in [3.63, 3.8) is 0 Å². The second-order valence-electron chi connectivity index (χ2n) is 2.81. The second-order valence-corrected chi connectivity index (χ2v) is 2.81. The first-order chi connectivity index (χ1) is 4.20. The third-order valence-electron chi connectivity index (χ3n) is 1.46. The van der Waals surface area contributed by atoms with Crippen molar-refractivity contribution in [2.24, 2.45) is 0 Å². The molecule has 9 heavy (non-hydrogen) atoms. The van der Waals surface area contributed by atoms with E-state index in [1.165, 1.54) is 5.57 Å². The Morgan fingerprint density at radius 3 is 2.56 bits per heavy atom. The normalized spacial score (nSPS) is 19.1. The van der Waals surface area contributed by atoms with Crippen LogP contribution in [0.1, 0.15) is 20.8 Å². The van der Waals surface area contributed by atoms with Crippen LogP contribution in [0.25, 0.3) is 0 Å². The van der Waals surface area contributed by atoms with Gasteiger partial charge in [0.05, 0.1) is 0 Å². The van der Waals surface area contributed by atoms with Crippen molar-refractivity contribution < 1.29 is 0 Å². The Bertz CT molecular complexity index is 127. The van der Waals surface area contributed by atoms with Crippen molar-refractivity contribution in [1.29, 1.82) is 0 Å². The van der Waals surface area contributed by atoms with E-state index in [0.29, 0.717) is 6.04 Å². The van der Waals surface area contributed by atoms with Gasteiger partial charge in [-0.1, -0.05) is 0 Å². The summed E-state index contributed by atoms with van der Waals surface area (Å²) in [6, 6.07) is 0.572. The third kappa shape index (κ3) is 1.45. The molecule has 0 saturated carbocycles. The molecule has 0 aromatic carbocycles. The van der Waals surface area contributed by atoms with Crippen molar-refractivity contribution >= 4 is 0 Å². The van der Waals surface area contributed by atoms with Gasteiger partial charge in [-0.2, -0.15) is 0 Å². The quantitative estimate of drug-likeness (QED) is 0.566. The van der Waals surface area contributed by atoms with E-state index in [1.54, 1.807) is 0 Å². The lowest BCUT2D eigenvalue weighted by Crippen LogP contribution is -2.34. The summed E-state index contributed by atoms with van der Waals surface area (Å²) in [5.74, 6) is 0. The zero-order valence-electron chi connectivity index (χ0n) is 6.31. The van der Waals surface area contributed by atoms with E-state index in [1.807, 2.05) is 0 Å². The SMILES string of the molecule is CC1=CN(C(C)C)NC1. The van der Waals surface area contributed by atoms with E-state index >= 15 is 0 Å². The van der Waals surface area contributed by atoms with Gasteiger partial charge in [-0.3, -0.25) is 0 Å². The van der Waals surface area contributed by atoms with Gasteiger partial charge in [0, 0.05) is 18.8 Å². The molecule has 1 N–H and O–H groups in total. The number of rotatable bonds is 1. The van der Waals surface area contributed by atoms with Crippen molar-refractivity contribution in [3.8, 4) is 0 Å². The van der Waals surface area contributed by atoms with Crippen molar-refractivity contribution in [2.75, 3.05) is 6.54 Å². The van der Waals surface area contributed by atoms with Crippen LogP contribution in [-0.4, -0.2) is 17.6 Å². The summed E-state index contributed by atoms with van der Waals surface area (Å²) in [5.41, 5.74) is 4.65. The molecule has 2 heteroatoms. The summed E-state index contributed by atoms with van der Waals surface area (Å²) in [7, 11) is 0. The summed E-state index contributed by atoms with van der Waals surface area (Å²) in [5, 5.41) is 2.13. The molecule has 52 valence electrons. The molecule has 0 aromatic rings. The molecule has 0 spiro atoms. The first-order valence-corrected chi connectivity index (χ1v) is 3.39. The minimum atomic E-state index is 0.572. The van der Waals surface area contributed by atoms with Crippen molar-refractivity contribution in [2.45, 2.75) is 26.8 Å². The van der Waals surface area contributed by atoms with Crippen LogP contribution in [0.5, 0.6) is 0 Å². The summed E-state index contributed by atoms with van der Waals surface area (Å²) < 4.78 is 0. The first kappa shape index (κ1) is 6.62. The molecule has 0 aromatic heterocycles. The van der Waals surface area contributed by atoms with Gasteiger partial charge >= 0.3 is 0 Å². The van der Waals surface area contributed by atoms with E-state index in [9.17, 15) is 0 Å². The van der Waals surface area contributed by atoms with Crippen molar-refractivity contribution in [1.82, 2.24) is 10.4 Å². The van der Waals surface area contributed by atoms with Crippen LogP contribution in [0.4, 0.5) is 0 Å². The zero-order chi connectivity index (χ0) is 6.85. The van der Waals surface area contributed by atoms with Gasteiger partial charge < -0.3 is 5.01 Å². The number of hydrazine groups is 1. The highest BCUT2D eigenvalue weighted by Crippen LogP contribution is 2.05. The lowest BCUT2D eigenvalue weighted by atomic mass is 10.3. The maximum absolute atomic E-state index is 3.25. The third-order valence-corrected chi connectivity index (χ3v) is 1.46. The largest absolute Gasteiger partial charge is 0.313 e. The Morgan fingerprint density at radius 2 is 2.33 bits per heavy atom. The molecule has 1 rings (SSSR count). The van der Waals surface area contributed by atoms with Gasteiger partial charge in [-0.05, 0) is 26.3 Å². The average molecular weight is 126 g/mol. The first-order valence-electron chi connectivity index (χ1n) is 3.39. The Kier molecular flexibility index (Phi) is 1.76. The molecule has 1 aliphatic heterocycles. The molecule has 0 radical (unpaired) electrons. The standard InChI is InChI=1S/C7H14N2/c1-6(2)9-5-7(3)4-8-9/h5-6,8H,4H2,1-3H3. The summed E-state index contributed by atoms with van der Waals surface area (Å²) in [6.07, 6.45) is 2.16. The molecule has 0 aliphatic carbocycles. The molecule has 0 unspecified atom stereocenters. The van der Waals surface area contributed by atoms with Crippen LogP contribution in [0.15, 0.2) is 11.8 Å². The Balaban J connectivity index is 2.47. The van der Waals surface area contributed by atoms with E-state index < -0.39 is 0 Å². The summed E-state index contributed by atoms with van der Waals surface area (Å²) >= 11 is 0. The summed E-state index contributed by atoms with van der Waals surface area (Å²) in [4.78, 5) is 0. The zero-order valence-corrected chi connectivity index (χ0v) is 6.31. The second kappa shape index (κ2) is 2.40. The van der Waals surface area contributed by atoms with Crippen LogP contribution in [0, 0.1) is 0 Å². The van der Waals surface area contributed by atoms with Crippen LogP contribution < -0.4 is 5.43 Å². The lowest BCUT2D eigenvalue weighted by Gasteiger charge is -2.19. The van der Waals surface area contributed by atoms with E-state index in [0.717, 1.165) is 6.54 Å². The monoisotopic (exact) mass is 126 g/mol. The molecule has 1 heterocycles. The predicted molar refractivity (Wildman–Crippen MR) is 38.7 cm³/mol. The minimum absolute atomic E-state index is 0.572.